The lowest BCUT2D eigenvalue weighted by molar-refractivity contribution is -0.0327. The van der Waals surface area contributed by atoms with Gasteiger partial charge in [-0.05, 0) is 30.7 Å². The van der Waals surface area contributed by atoms with Crippen molar-refractivity contribution in [3.8, 4) is 0 Å². The largest absolute Gasteiger partial charge is 0.441 e. The molecule has 1 amide bonds. The summed E-state index contributed by atoms with van der Waals surface area (Å²) >= 11 is -0.147. The van der Waals surface area contributed by atoms with Crippen LogP contribution in [0, 0.1) is 0 Å². The van der Waals surface area contributed by atoms with Crippen LogP contribution < -0.4 is 11.1 Å². The average Bonchev–Trinajstić information content (AvgIpc) is 3.06. The molecule has 19 heavy (non-hydrogen) atoms. The van der Waals surface area contributed by atoms with E-state index in [4.69, 9.17) is 5.73 Å². The monoisotopic (exact) mass is 293 g/mol. The van der Waals surface area contributed by atoms with E-state index in [0.29, 0.717) is 17.4 Å². The molecular formula is C11H14F3N3OS. The van der Waals surface area contributed by atoms with Crippen molar-refractivity contribution in [2.75, 3.05) is 18.0 Å². The molecule has 1 aliphatic carbocycles. The maximum Gasteiger partial charge on any atom is 0.441 e. The van der Waals surface area contributed by atoms with Crippen LogP contribution in [0.25, 0.3) is 0 Å². The predicted octanol–water partition coefficient (Wildman–Crippen LogP) is 2.39. The molecular weight excluding hydrogens is 279 g/mol. The number of anilines is 1. The Balaban J connectivity index is 1.86. The van der Waals surface area contributed by atoms with Gasteiger partial charge >= 0.3 is 5.51 Å². The van der Waals surface area contributed by atoms with Gasteiger partial charge in [0.15, 0.2) is 0 Å². The highest BCUT2D eigenvalue weighted by Gasteiger charge is 2.29. The number of nitrogens with one attached hydrogen (secondary N) is 1. The molecule has 8 heteroatoms. The van der Waals surface area contributed by atoms with E-state index in [2.05, 4.69) is 5.32 Å². The van der Waals surface area contributed by atoms with Crippen molar-refractivity contribution < 1.29 is 18.0 Å². The molecule has 0 aromatic carbocycles. The number of alkyl halides is 3. The molecule has 1 fully saturated rings. The third-order valence-electron chi connectivity index (χ3n) is 2.70. The van der Waals surface area contributed by atoms with Crippen LogP contribution in [0.2, 0.25) is 0 Å². The number of nitrogen functional groups attached to an aromatic ring is 1. The Morgan fingerprint density at radius 2 is 2.21 bits per heavy atom. The number of hydrogen-bond acceptors (Lipinski definition) is 3. The van der Waals surface area contributed by atoms with Crippen molar-refractivity contribution in [3.05, 3.63) is 18.0 Å². The number of carbonyl (C=O) groups is 1. The molecule has 4 nitrogen and oxygen atoms in total. The molecule has 106 valence electrons. The van der Waals surface area contributed by atoms with Gasteiger partial charge in [-0.3, -0.25) is 4.79 Å². The standard InChI is InChI=1S/C11H14F3N3OS/c12-11(13,14)19-4-3-16-10(18)9-5-7(15)6-17(9)8-1-2-8/h5-6,8H,1-4,15H2,(H,16,18). The van der Waals surface area contributed by atoms with Crippen LogP contribution in [-0.2, 0) is 0 Å². The highest BCUT2D eigenvalue weighted by atomic mass is 32.2. The summed E-state index contributed by atoms with van der Waals surface area (Å²) in [6, 6.07) is 1.84. The molecule has 3 N–H and O–H groups in total. The van der Waals surface area contributed by atoms with Gasteiger partial charge in [0, 0.05) is 24.5 Å². The maximum atomic E-state index is 11.9. The SMILES string of the molecule is Nc1cc(C(=O)NCCSC(F)(F)F)n(C2CC2)c1. The van der Waals surface area contributed by atoms with E-state index in [0.717, 1.165) is 12.8 Å². The molecule has 0 atom stereocenters. The molecule has 0 saturated heterocycles. The Morgan fingerprint density at radius 3 is 2.79 bits per heavy atom. The van der Waals surface area contributed by atoms with Crippen molar-refractivity contribution >= 4 is 23.4 Å². The van der Waals surface area contributed by atoms with E-state index in [9.17, 15) is 18.0 Å². The van der Waals surface area contributed by atoms with Crippen LogP contribution in [0.15, 0.2) is 12.3 Å². The molecule has 1 aromatic heterocycles. The molecule has 1 heterocycles. The van der Waals surface area contributed by atoms with Crippen molar-refractivity contribution in [1.82, 2.24) is 9.88 Å². The number of nitrogens with two attached hydrogens (primary N) is 1. The lowest BCUT2D eigenvalue weighted by Gasteiger charge is -2.09. The number of carbonyl (C=O) groups excluding carboxylic acids is 1. The molecule has 2 rings (SSSR count). The van der Waals surface area contributed by atoms with Crippen LogP contribution in [0.3, 0.4) is 0 Å². The van der Waals surface area contributed by atoms with E-state index in [1.807, 2.05) is 0 Å². The lowest BCUT2D eigenvalue weighted by atomic mass is 10.3. The van der Waals surface area contributed by atoms with Crippen molar-refractivity contribution in [1.29, 1.82) is 0 Å². The smallest absolute Gasteiger partial charge is 0.397 e. The highest BCUT2D eigenvalue weighted by Crippen LogP contribution is 2.37. The van der Waals surface area contributed by atoms with Gasteiger partial charge < -0.3 is 15.6 Å². The Bertz CT molecular complexity index is 468. The predicted molar refractivity (Wildman–Crippen MR) is 68.0 cm³/mol. The van der Waals surface area contributed by atoms with Gasteiger partial charge in [-0.15, -0.1) is 0 Å². The summed E-state index contributed by atoms with van der Waals surface area (Å²) in [6.07, 6.45) is 3.69. The summed E-state index contributed by atoms with van der Waals surface area (Å²) in [5.41, 5.74) is 2.28. The maximum absolute atomic E-state index is 11.9. The third-order valence-corrected chi connectivity index (χ3v) is 3.43. The minimum absolute atomic E-state index is 0.0290. The van der Waals surface area contributed by atoms with Crippen molar-refractivity contribution in [3.63, 3.8) is 0 Å². The van der Waals surface area contributed by atoms with Gasteiger partial charge in [-0.25, -0.2) is 0 Å². The fraction of sp³-hybridized carbons (Fsp3) is 0.545. The molecule has 1 saturated carbocycles. The van der Waals surface area contributed by atoms with E-state index in [1.54, 1.807) is 16.8 Å². The number of thioether (sulfide) groups is 1. The Kier molecular flexibility index (Phi) is 3.98. The van der Waals surface area contributed by atoms with Crippen molar-refractivity contribution in [2.45, 2.75) is 24.4 Å². The zero-order valence-electron chi connectivity index (χ0n) is 10.0. The summed E-state index contributed by atoms with van der Waals surface area (Å²) < 4.78 is 37.5. The molecule has 0 bridgehead atoms. The minimum atomic E-state index is -4.26. The van der Waals surface area contributed by atoms with Gasteiger partial charge in [0.05, 0.1) is 5.69 Å². The van der Waals surface area contributed by atoms with Gasteiger partial charge in [0.25, 0.3) is 5.91 Å². The number of amides is 1. The second-order valence-electron chi connectivity index (χ2n) is 4.35. The van der Waals surface area contributed by atoms with Crippen LogP contribution in [0.4, 0.5) is 18.9 Å². The molecule has 0 radical (unpaired) electrons. The first-order chi connectivity index (χ1) is 8.87. The Labute approximate surface area is 112 Å². The topological polar surface area (TPSA) is 60.1 Å². The average molecular weight is 293 g/mol. The number of hydrogen-bond donors (Lipinski definition) is 2. The first-order valence-corrected chi connectivity index (χ1v) is 6.81. The van der Waals surface area contributed by atoms with E-state index in [-0.39, 0.29) is 30.0 Å². The van der Waals surface area contributed by atoms with Crippen LogP contribution in [0.5, 0.6) is 0 Å². The second kappa shape index (κ2) is 5.36. The molecule has 1 aliphatic rings. The van der Waals surface area contributed by atoms with Gasteiger partial charge in [-0.2, -0.15) is 13.2 Å². The van der Waals surface area contributed by atoms with E-state index < -0.39 is 5.51 Å². The quantitative estimate of drug-likeness (QED) is 0.819. The van der Waals surface area contributed by atoms with Crippen molar-refractivity contribution in [2.24, 2.45) is 0 Å². The van der Waals surface area contributed by atoms with Crippen LogP contribution in [-0.4, -0.2) is 28.3 Å². The number of aromatic nitrogens is 1. The number of nitrogens with zero attached hydrogens (tertiary/aromatic N) is 1. The lowest BCUT2D eigenvalue weighted by Crippen LogP contribution is -2.28. The van der Waals surface area contributed by atoms with Crippen LogP contribution in [0.1, 0.15) is 29.4 Å². The van der Waals surface area contributed by atoms with Gasteiger partial charge in [-0.1, -0.05) is 0 Å². The zero-order chi connectivity index (χ0) is 14.0. The molecule has 0 unspecified atom stereocenters. The molecule has 0 aliphatic heterocycles. The first kappa shape index (κ1) is 14.1. The number of halogens is 3. The summed E-state index contributed by atoms with van der Waals surface area (Å²) in [7, 11) is 0. The third kappa shape index (κ3) is 4.09. The summed E-state index contributed by atoms with van der Waals surface area (Å²) in [5.74, 6) is -0.583. The Hall–Kier alpha value is -1.31. The normalized spacial score (nSPS) is 15.5. The summed E-state index contributed by atoms with van der Waals surface area (Å²) in [6.45, 7) is -0.0290. The van der Waals surface area contributed by atoms with E-state index >= 15 is 0 Å². The first-order valence-electron chi connectivity index (χ1n) is 5.83. The number of rotatable bonds is 5. The fourth-order valence-electron chi connectivity index (χ4n) is 1.76. The molecule has 0 spiro atoms. The van der Waals surface area contributed by atoms with Crippen LogP contribution >= 0.6 is 11.8 Å². The molecule has 1 aromatic rings. The zero-order valence-corrected chi connectivity index (χ0v) is 10.9. The fourth-order valence-corrected chi connectivity index (χ4v) is 2.19. The second-order valence-corrected chi connectivity index (χ2v) is 5.51. The minimum Gasteiger partial charge on any atom is -0.397 e. The summed E-state index contributed by atoms with van der Waals surface area (Å²) in [5, 5.41) is 2.47. The highest BCUT2D eigenvalue weighted by molar-refractivity contribution is 8.00. The van der Waals surface area contributed by atoms with E-state index in [1.165, 1.54) is 0 Å². The summed E-state index contributed by atoms with van der Waals surface area (Å²) in [4.78, 5) is 11.9. The van der Waals surface area contributed by atoms with Gasteiger partial charge in [0.2, 0.25) is 0 Å². The Morgan fingerprint density at radius 1 is 1.53 bits per heavy atom. The van der Waals surface area contributed by atoms with Gasteiger partial charge in [0.1, 0.15) is 5.69 Å².